The third-order valence-electron chi connectivity index (χ3n) is 3.15. The molecule has 0 fully saturated rings. The zero-order chi connectivity index (χ0) is 14.3. The zero-order valence-corrected chi connectivity index (χ0v) is 10.3. The largest absolute Gasteiger partial charge is 0.396 e. The fraction of sp³-hybridized carbons (Fsp3) is 0.0714. The van der Waals surface area contributed by atoms with Crippen LogP contribution in [0.4, 0.5) is 10.1 Å². The number of halogens is 1. The fourth-order valence-electron chi connectivity index (χ4n) is 2.21. The Kier molecular flexibility index (Phi) is 2.71. The molecule has 0 unspecified atom stereocenters. The van der Waals surface area contributed by atoms with Gasteiger partial charge in [-0.15, -0.1) is 0 Å². The van der Waals surface area contributed by atoms with Crippen LogP contribution in [0, 0.1) is 5.95 Å². The minimum Gasteiger partial charge on any atom is -0.396 e. The number of carbonyl (C=O) groups excluding carboxylic acids is 2. The van der Waals surface area contributed by atoms with Crippen LogP contribution >= 0.6 is 0 Å². The first-order valence-electron chi connectivity index (χ1n) is 5.95. The van der Waals surface area contributed by atoms with Crippen LogP contribution in [0.15, 0.2) is 30.3 Å². The monoisotopic (exact) mass is 270 g/mol. The zero-order valence-electron chi connectivity index (χ0n) is 10.3. The second-order valence-corrected chi connectivity index (χ2v) is 4.39. The highest BCUT2D eigenvalue weighted by molar-refractivity contribution is 6.17. The Morgan fingerprint density at radius 1 is 1.15 bits per heavy atom. The van der Waals surface area contributed by atoms with E-state index in [1.807, 2.05) is 0 Å². The molecular weight excluding hydrogens is 260 g/mol. The Labute approximate surface area is 113 Å². The molecule has 2 heterocycles. The third kappa shape index (κ3) is 1.73. The Morgan fingerprint density at radius 3 is 2.55 bits per heavy atom. The Bertz CT molecular complexity index is 729. The first kappa shape index (κ1) is 12.3. The normalized spacial score (nSPS) is 13.8. The Balaban J connectivity index is 2.31. The smallest absolute Gasteiger partial charge is 0.254 e. The summed E-state index contributed by atoms with van der Waals surface area (Å²) in [6, 6.07) is 8.70. The topological polar surface area (TPSA) is 85.1 Å². The van der Waals surface area contributed by atoms with E-state index in [2.05, 4.69) is 10.3 Å². The van der Waals surface area contributed by atoms with Crippen molar-refractivity contribution in [3.8, 4) is 11.3 Å². The van der Waals surface area contributed by atoms with Crippen molar-refractivity contribution in [3.05, 3.63) is 47.4 Å². The number of pyridine rings is 1. The highest BCUT2D eigenvalue weighted by atomic mass is 18.2. The molecule has 1 aromatic heterocycles. The minimum atomic E-state index is -0.965. The standard InChI is InChI=1S/C14H10FN3O2/c15-13-9-8(19)6-17-14(20)10(9)11(16)12(18-13)7-4-2-1-3-5-7/h1-5H,6,16H2,(H,17,20)/i15-1. The van der Waals surface area contributed by atoms with Crippen molar-refractivity contribution >= 4 is 17.4 Å². The predicted octanol–water partition coefficient (Wildman–Crippen LogP) is 1.40. The van der Waals surface area contributed by atoms with Crippen LogP contribution in [0.5, 0.6) is 0 Å². The van der Waals surface area contributed by atoms with E-state index in [0.717, 1.165) is 0 Å². The maximum absolute atomic E-state index is 14.1. The van der Waals surface area contributed by atoms with Gasteiger partial charge in [0.1, 0.15) is 0 Å². The second-order valence-electron chi connectivity index (χ2n) is 4.39. The van der Waals surface area contributed by atoms with Gasteiger partial charge in [-0.3, -0.25) is 9.59 Å². The fourth-order valence-corrected chi connectivity index (χ4v) is 2.21. The number of hydrogen-bond donors (Lipinski definition) is 2. The lowest BCUT2D eigenvalue weighted by Gasteiger charge is -2.19. The number of ketones is 1. The van der Waals surface area contributed by atoms with Crippen molar-refractivity contribution < 1.29 is 14.0 Å². The molecule has 1 aliphatic heterocycles. The molecule has 1 aliphatic rings. The summed E-state index contributed by atoms with van der Waals surface area (Å²) in [5, 5.41) is 2.37. The summed E-state index contributed by atoms with van der Waals surface area (Å²) in [5.41, 5.74) is 6.21. The maximum atomic E-state index is 14.1. The number of aromatic nitrogens is 1. The van der Waals surface area contributed by atoms with Crippen molar-refractivity contribution in [2.45, 2.75) is 0 Å². The lowest BCUT2D eigenvalue weighted by Crippen LogP contribution is -2.38. The van der Waals surface area contributed by atoms with Crippen molar-refractivity contribution in [1.82, 2.24) is 10.3 Å². The molecule has 1 amide bonds. The average molecular weight is 270 g/mol. The van der Waals surface area contributed by atoms with Gasteiger partial charge in [0.2, 0.25) is 5.95 Å². The Hall–Kier alpha value is -2.76. The third-order valence-corrected chi connectivity index (χ3v) is 3.15. The summed E-state index contributed by atoms with van der Waals surface area (Å²) >= 11 is 0. The molecule has 100 valence electrons. The van der Waals surface area contributed by atoms with E-state index in [-0.39, 0.29) is 29.1 Å². The molecule has 3 rings (SSSR count). The van der Waals surface area contributed by atoms with Crippen molar-refractivity contribution in [2.24, 2.45) is 0 Å². The number of nitrogens with one attached hydrogen (secondary N) is 1. The summed E-state index contributed by atoms with van der Waals surface area (Å²) in [7, 11) is 0. The Morgan fingerprint density at radius 2 is 1.85 bits per heavy atom. The summed E-state index contributed by atoms with van der Waals surface area (Å²) in [6.45, 7) is -0.242. The van der Waals surface area contributed by atoms with E-state index in [1.54, 1.807) is 30.3 Å². The van der Waals surface area contributed by atoms with Crippen LogP contribution in [-0.2, 0) is 0 Å². The number of Topliss-reactive ketones (excluding diaryl/α,β-unsaturated/α-hetero) is 1. The van der Waals surface area contributed by atoms with Crippen LogP contribution in [-0.4, -0.2) is 23.2 Å². The molecule has 1 aromatic carbocycles. The molecule has 0 spiro atoms. The molecular formula is C14H10FN3O2. The SMILES string of the molecule is Nc1c(-c2ccccc2)nc([18F])c2c1C(=O)NCC2=O. The van der Waals surface area contributed by atoms with Gasteiger partial charge >= 0.3 is 0 Å². The van der Waals surface area contributed by atoms with Gasteiger partial charge in [-0.05, 0) is 0 Å². The molecule has 0 saturated heterocycles. The van der Waals surface area contributed by atoms with Crippen LogP contribution < -0.4 is 11.1 Å². The number of amides is 1. The molecule has 6 heteroatoms. The molecule has 0 radical (unpaired) electrons. The van der Waals surface area contributed by atoms with Crippen LogP contribution in [0.1, 0.15) is 20.7 Å². The van der Waals surface area contributed by atoms with Gasteiger partial charge < -0.3 is 11.1 Å². The first-order valence-corrected chi connectivity index (χ1v) is 5.95. The van der Waals surface area contributed by atoms with E-state index in [1.165, 1.54) is 0 Å². The highest BCUT2D eigenvalue weighted by Gasteiger charge is 2.31. The molecule has 0 aliphatic carbocycles. The van der Waals surface area contributed by atoms with E-state index >= 15 is 0 Å². The number of fused-ring (bicyclic) bond motifs is 1. The number of nitrogen functional groups attached to an aromatic ring is 1. The van der Waals surface area contributed by atoms with Gasteiger partial charge in [0.15, 0.2) is 5.78 Å². The number of hydrogen-bond acceptors (Lipinski definition) is 4. The lowest BCUT2D eigenvalue weighted by atomic mass is 9.96. The van der Waals surface area contributed by atoms with Gasteiger partial charge in [-0.25, -0.2) is 4.98 Å². The van der Waals surface area contributed by atoms with E-state index in [0.29, 0.717) is 5.56 Å². The number of benzene rings is 1. The van der Waals surface area contributed by atoms with Gasteiger partial charge in [0.05, 0.1) is 29.1 Å². The van der Waals surface area contributed by atoms with Gasteiger partial charge in [-0.1, -0.05) is 30.3 Å². The molecule has 0 saturated carbocycles. The molecule has 0 bridgehead atoms. The van der Waals surface area contributed by atoms with Crippen LogP contribution in [0.25, 0.3) is 11.3 Å². The number of anilines is 1. The number of rotatable bonds is 1. The van der Waals surface area contributed by atoms with E-state index in [9.17, 15) is 14.0 Å². The molecule has 3 N–H and O–H groups in total. The highest BCUT2D eigenvalue weighted by Crippen LogP contribution is 2.31. The van der Waals surface area contributed by atoms with E-state index < -0.39 is 17.6 Å². The average Bonchev–Trinajstić information content (AvgIpc) is 2.46. The molecule has 20 heavy (non-hydrogen) atoms. The van der Waals surface area contributed by atoms with Crippen molar-refractivity contribution in [3.63, 3.8) is 0 Å². The quantitative estimate of drug-likeness (QED) is 0.767. The van der Waals surface area contributed by atoms with Gasteiger partial charge in [0.25, 0.3) is 5.91 Å². The van der Waals surface area contributed by atoms with Crippen molar-refractivity contribution in [1.29, 1.82) is 0 Å². The van der Waals surface area contributed by atoms with E-state index in [4.69, 9.17) is 5.73 Å². The molecule has 5 nitrogen and oxygen atoms in total. The second kappa shape index (κ2) is 4.41. The first-order chi connectivity index (χ1) is 9.59. The number of nitrogens with two attached hydrogens (primary N) is 1. The number of carbonyl (C=O) groups is 2. The lowest BCUT2D eigenvalue weighted by molar-refractivity contribution is 0.0873. The number of nitrogens with zero attached hydrogens (tertiary/aromatic N) is 1. The van der Waals surface area contributed by atoms with Gasteiger partial charge in [-0.2, -0.15) is 4.39 Å². The summed E-state index contributed by atoms with van der Waals surface area (Å²) in [4.78, 5) is 27.3. The van der Waals surface area contributed by atoms with Crippen LogP contribution in [0.2, 0.25) is 0 Å². The summed E-state index contributed by atoms with van der Waals surface area (Å²) in [6.07, 6.45) is 0. The summed E-state index contributed by atoms with van der Waals surface area (Å²) < 4.78 is 14.1. The summed E-state index contributed by atoms with van der Waals surface area (Å²) in [5.74, 6) is -2.06. The van der Waals surface area contributed by atoms with Crippen LogP contribution in [0.3, 0.4) is 0 Å². The van der Waals surface area contributed by atoms with Gasteiger partial charge in [0, 0.05) is 5.56 Å². The predicted molar refractivity (Wildman–Crippen MR) is 70.7 cm³/mol. The molecule has 0 atom stereocenters. The van der Waals surface area contributed by atoms with Crippen molar-refractivity contribution in [2.75, 3.05) is 12.3 Å². The minimum absolute atomic E-state index is 0.0122. The molecule has 2 aromatic rings. The maximum Gasteiger partial charge on any atom is 0.254 e.